The van der Waals surface area contributed by atoms with Crippen LogP contribution in [-0.2, 0) is 13.1 Å². The molecule has 0 spiro atoms. The molecule has 0 amide bonds. The molecule has 2 heterocycles. The number of aromatic nitrogens is 1. The molecule has 1 aliphatic heterocycles. The SMILES string of the molecule is CCNC(=NCc1nc(C)c(C)o1)NC1CCN(Cc2ccccc2)C(C)C1. The largest absolute Gasteiger partial charge is 0.444 e. The zero-order valence-electron chi connectivity index (χ0n) is 17.5. The summed E-state index contributed by atoms with van der Waals surface area (Å²) in [6.45, 7) is 11.7. The lowest BCUT2D eigenvalue weighted by molar-refractivity contribution is 0.134. The van der Waals surface area contributed by atoms with Gasteiger partial charge in [-0.05, 0) is 46.1 Å². The first-order valence-corrected chi connectivity index (χ1v) is 10.3. The van der Waals surface area contributed by atoms with Crippen LogP contribution in [0.5, 0.6) is 0 Å². The van der Waals surface area contributed by atoms with E-state index in [1.165, 1.54) is 5.56 Å². The van der Waals surface area contributed by atoms with E-state index in [4.69, 9.17) is 4.42 Å². The lowest BCUT2D eigenvalue weighted by Crippen LogP contribution is -2.51. The van der Waals surface area contributed by atoms with Crippen molar-refractivity contribution in [1.82, 2.24) is 20.5 Å². The molecule has 1 aromatic carbocycles. The number of nitrogens with one attached hydrogen (secondary N) is 2. The molecular formula is C22H33N5O. The molecule has 152 valence electrons. The molecule has 0 bridgehead atoms. The fourth-order valence-corrected chi connectivity index (χ4v) is 3.67. The molecule has 0 aliphatic carbocycles. The molecule has 6 heteroatoms. The van der Waals surface area contributed by atoms with Crippen molar-refractivity contribution in [3.63, 3.8) is 0 Å². The van der Waals surface area contributed by atoms with E-state index in [9.17, 15) is 0 Å². The van der Waals surface area contributed by atoms with Crippen LogP contribution in [0.3, 0.4) is 0 Å². The Morgan fingerprint density at radius 1 is 1.29 bits per heavy atom. The van der Waals surface area contributed by atoms with Crippen molar-refractivity contribution >= 4 is 5.96 Å². The average molecular weight is 384 g/mol. The van der Waals surface area contributed by atoms with Crippen LogP contribution in [-0.4, -0.2) is 41.0 Å². The molecule has 6 nitrogen and oxygen atoms in total. The Bertz CT molecular complexity index is 751. The van der Waals surface area contributed by atoms with Gasteiger partial charge >= 0.3 is 0 Å². The average Bonchev–Trinajstić information content (AvgIpc) is 3.01. The maximum absolute atomic E-state index is 5.64. The number of oxazole rings is 1. The van der Waals surface area contributed by atoms with Crippen LogP contribution >= 0.6 is 0 Å². The first-order chi connectivity index (χ1) is 13.5. The Kier molecular flexibility index (Phi) is 7.09. The van der Waals surface area contributed by atoms with Crippen molar-refractivity contribution < 1.29 is 4.42 Å². The zero-order valence-corrected chi connectivity index (χ0v) is 17.5. The summed E-state index contributed by atoms with van der Waals surface area (Å²) in [6, 6.07) is 11.7. The molecule has 2 unspecified atom stereocenters. The number of hydrogen-bond acceptors (Lipinski definition) is 4. The Hall–Kier alpha value is -2.34. The molecule has 1 aliphatic rings. The van der Waals surface area contributed by atoms with E-state index in [2.05, 4.69) is 69.7 Å². The normalized spacial score (nSPS) is 20.9. The quantitative estimate of drug-likeness (QED) is 0.591. The van der Waals surface area contributed by atoms with E-state index in [-0.39, 0.29) is 0 Å². The van der Waals surface area contributed by atoms with E-state index in [0.717, 1.165) is 49.9 Å². The predicted octanol–water partition coefficient (Wildman–Crippen LogP) is 3.40. The lowest BCUT2D eigenvalue weighted by atomic mass is 9.97. The minimum Gasteiger partial charge on any atom is -0.444 e. The minimum atomic E-state index is 0.424. The number of aliphatic imine (C=N–C) groups is 1. The lowest BCUT2D eigenvalue weighted by Gasteiger charge is -2.38. The number of hydrogen-bond donors (Lipinski definition) is 2. The van der Waals surface area contributed by atoms with Crippen molar-refractivity contribution in [2.75, 3.05) is 13.1 Å². The van der Waals surface area contributed by atoms with Gasteiger partial charge in [0.2, 0.25) is 5.89 Å². The molecular weight excluding hydrogens is 350 g/mol. The second-order valence-electron chi connectivity index (χ2n) is 7.62. The van der Waals surface area contributed by atoms with Gasteiger partial charge in [0.25, 0.3) is 0 Å². The minimum absolute atomic E-state index is 0.424. The smallest absolute Gasteiger partial charge is 0.216 e. The molecule has 3 rings (SSSR count). The van der Waals surface area contributed by atoms with Gasteiger partial charge in [0.05, 0.1) is 5.69 Å². The molecule has 1 saturated heterocycles. The van der Waals surface area contributed by atoms with Crippen LogP contribution in [0.4, 0.5) is 0 Å². The third-order valence-corrected chi connectivity index (χ3v) is 5.37. The number of benzene rings is 1. The molecule has 1 fully saturated rings. The summed E-state index contributed by atoms with van der Waals surface area (Å²) in [4.78, 5) is 11.6. The number of guanidine groups is 1. The highest BCUT2D eigenvalue weighted by Crippen LogP contribution is 2.20. The molecule has 2 atom stereocenters. The number of aryl methyl sites for hydroxylation is 2. The topological polar surface area (TPSA) is 65.7 Å². The van der Waals surface area contributed by atoms with Gasteiger partial charge in [0, 0.05) is 31.7 Å². The predicted molar refractivity (Wildman–Crippen MR) is 113 cm³/mol. The molecule has 1 aromatic heterocycles. The maximum Gasteiger partial charge on any atom is 0.216 e. The van der Waals surface area contributed by atoms with Crippen LogP contribution in [0.1, 0.15) is 49.6 Å². The van der Waals surface area contributed by atoms with Crippen LogP contribution < -0.4 is 10.6 Å². The van der Waals surface area contributed by atoms with Gasteiger partial charge in [-0.25, -0.2) is 9.98 Å². The third-order valence-electron chi connectivity index (χ3n) is 5.37. The highest BCUT2D eigenvalue weighted by atomic mass is 16.4. The van der Waals surface area contributed by atoms with Crippen LogP contribution in [0.2, 0.25) is 0 Å². The molecule has 0 saturated carbocycles. The Labute approximate surface area is 168 Å². The van der Waals surface area contributed by atoms with Crippen molar-refractivity contribution in [2.45, 2.75) is 65.7 Å². The number of piperidine rings is 1. The zero-order chi connectivity index (χ0) is 19.9. The summed E-state index contributed by atoms with van der Waals surface area (Å²) in [5.74, 6) is 2.37. The van der Waals surface area contributed by atoms with E-state index < -0.39 is 0 Å². The van der Waals surface area contributed by atoms with Gasteiger partial charge < -0.3 is 15.1 Å². The second-order valence-corrected chi connectivity index (χ2v) is 7.62. The summed E-state index contributed by atoms with van der Waals surface area (Å²) >= 11 is 0. The molecule has 0 radical (unpaired) electrons. The maximum atomic E-state index is 5.64. The van der Waals surface area contributed by atoms with Crippen molar-refractivity contribution in [2.24, 2.45) is 4.99 Å². The van der Waals surface area contributed by atoms with Crippen LogP contribution in [0.15, 0.2) is 39.7 Å². The van der Waals surface area contributed by atoms with E-state index in [0.29, 0.717) is 24.5 Å². The highest BCUT2D eigenvalue weighted by Gasteiger charge is 2.26. The second kappa shape index (κ2) is 9.73. The molecule has 28 heavy (non-hydrogen) atoms. The van der Waals surface area contributed by atoms with E-state index in [1.54, 1.807) is 0 Å². The summed E-state index contributed by atoms with van der Waals surface area (Å²) in [5.41, 5.74) is 2.31. The van der Waals surface area contributed by atoms with Gasteiger partial charge in [-0.15, -0.1) is 0 Å². The van der Waals surface area contributed by atoms with Gasteiger partial charge in [-0.3, -0.25) is 4.90 Å². The highest BCUT2D eigenvalue weighted by molar-refractivity contribution is 5.80. The Morgan fingerprint density at radius 3 is 2.71 bits per heavy atom. The standard InChI is InChI=1S/C22H33N5O/c1-5-23-22(24-14-21-25-17(3)18(4)28-21)26-20-11-12-27(16(2)13-20)15-19-9-7-6-8-10-19/h6-10,16,20H,5,11-15H2,1-4H3,(H2,23,24,26). The van der Waals surface area contributed by atoms with Crippen LogP contribution in [0.25, 0.3) is 0 Å². The van der Waals surface area contributed by atoms with Gasteiger partial charge in [0.1, 0.15) is 12.3 Å². The van der Waals surface area contributed by atoms with Crippen LogP contribution in [0, 0.1) is 13.8 Å². The van der Waals surface area contributed by atoms with Gasteiger partial charge in [0.15, 0.2) is 5.96 Å². The summed E-state index contributed by atoms with van der Waals surface area (Å²) in [7, 11) is 0. The van der Waals surface area contributed by atoms with Crippen molar-refractivity contribution in [3.8, 4) is 0 Å². The number of nitrogens with zero attached hydrogens (tertiary/aromatic N) is 3. The summed E-state index contributed by atoms with van der Waals surface area (Å²) in [5, 5.41) is 6.95. The fourth-order valence-electron chi connectivity index (χ4n) is 3.67. The summed E-state index contributed by atoms with van der Waals surface area (Å²) < 4.78 is 5.64. The first kappa shape index (κ1) is 20.4. The van der Waals surface area contributed by atoms with Crippen molar-refractivity contribution in [3.05, 3.63) is 53.2 Å². The fraction of sp³-hybridized carbons (Fsp3) is 0.545. The molecule has 2 aromatic rings. The number of likely N-dealkylation sites (tertiary alicyclic amines) is 1. The van der Waals surface area contributed by atoms with Gasteiger partial charge in [-0.1, -0.05) is 30.3 Å². The molecule has 2 N–H and O–H groups in total. The monoisotopic (exact) mass is 383 g/mol. The van der Waals surface area contributed by atoms with E-state index in [1.807, 2.05) is 13.8 Å². The number of rotatable bonds is 6. The Morgan fingerprint density at radius 2 is 2.07 bits per heavy atom. The van der Waals surface area contributed by atoms with E-state index >= 15 is 0 Å². The van der Waals surface area contributed by atoms with Gasteiger partial charge in [-0.2, -0.15) is 0 Å². The first-order valence-electron chi connectivity index (χ1n) is 10.3. The van der Waals surface area contributed by atoms with Crippen molar-refractivity contribution in [1.29, 1.82) is 0 Å². The Balaban J connectivity index is 1.54. The summed E-state index contributed by atoms with van der Waals surface area (Å²) in [6.07, 6.45) is 2.22. The third kappa shape index (κ3) is 5.58.